The number of hydrogen-bond donors (Lipinski definition) is 8. The van der Waals surface area contributed by atoms with E-state index in [1.165, 1.54) is 28.4 Å². The van der Waals surface area contributed by atoms with Gasteiger partial charge < -0.3 is 204 Å². The molecule has 0 fully saturated rings. The number of aliphatic hydroxyl groups excluding tert-OH is 4. The Kier molecular flexibility index (Phi) is 207. The van der Waals surface area contributed by atoms with Crippen LogP contribution in [0.5, 0.6) is 46.0 Å². The molecule has 0 amide bonds. The number of ether oxygens (including phenoxy) is 4. The van der Waals surface area contributed by atoms with Crippen molar-refractivity contribution in [2.24, 2.45) is 20.0 Å². The van der Waals surface area contributed by atoms with E-state index in [-0.39, 0.29) is 319 Å². The summed E-state index contributed by atoms with van der Waals surface area (Å²) >= 11 is 0. The number of aliphatic imine (C=N–C) groups is 4. The summed E-state index contributed by atoms with van der Waals surface area (Å²) in [5.74, 6) is -7.97. The topological polar surface area (TPSA) is 869 Å². The molecule has 0 unspecified atom stereocenters. The third kappa shape index (κ3) is 155. The Bertz CT molecular complexity index is 2500. The van der Waals surface area contributed by atoms with Crippen molar-refractivity contribution < 1.29 is 409 Å². The van der Waals surface area contributed by atoms with Crippen molar-refractivity contribution in [2.75, 3.05) is 133 Å². The van der Waals surface area contributed by atoms with Gasteiger partial charge in [-0.2, -0.15) is 0 Å². The molecule has 0 bridgehead atoms. The molecule has 4 aromatic rings. The Hall–Kier alpha value is -3.65. The van der Waals surface area contributed by atoms with Gasteiger partial charge in [0.05, 0.1) is 81.0 Å². The number of hydrogen-bond acceptors (Lipinski definition) is 44. The van der Waals surface area contributed by atoms with E-state index in [0.717, 1.165) is 55.4 Å². The minimum Gasteiger partial charge on any atom is -0.870 e. The molecule has 16 N–H and O–H groups in total. The minimum absolute atomic E-state index is 0. The number of rotatable bonds is 28. The van der Waals surface area contributed by atoms with Crippen LogP contribution in [0.3, 0.4) is 0 Å². The van der Waals surface area contributed by atoms with Crippen LogP contribution in [0.4, 0.5) is 0 Å². The zero-order valence-corrected chi connectivity index (χ0v) is 77.2. The van der Waals surface area contributed by atoms with E-state index >= 15 is 0 Å². The average molecular weight is 2420 g/mol. The standard InChI is InChI=1S/4C12H18N2O3.8C2H4O2.4Gd.4Ni.8H2O/c4*1-17-11-4-2-3-10(12(11)16)9-14-6-5-13-7-8-15;8*1-2(3)4;;;;;;;;;;;;;;;;/h4*2-4,9,13,15-16H,5-8H2,1H3;8*1H3,(H,3,4);;;;;;;;;8*1H2/q;;;;;;;;;;;;2*+2;6*+3;;;;;;;;/p-20. The van der Waals surface area contributed by atoms with Crippen LogP contribution in [0.2, 0.25) is 0 Å². The van der Waals surface area contributed by atoms with E-state index < -0.39 is 47.8 Å². The monoisotopic (exact) mass is 2420 g/mol. The Morgan fingerprint density at radius 2 is 0.422 bits per heavy atom. The molecule has 52 heteroatoms. The van der Waals surface area contributed by atoms with Gasteiger partial charge in [0.25, 0.3) is 0 Å². The number of carbonyl (C=O) groups is 8. The van der Waals surface area contributed by atoms with E-state index in [1.54, 1.807) is 97.7 Å². The zero-order valence-electron chi connectivity index (χ0n) is 64.2. The van der Waals surface area contributed by atoms with E-state index in [9.17, 15) is 20.4 Å². The van der Waals surface area contributed by atoms with Gasteiger partial charge in [0, 0.05) is 125 Å². The molecule has 0 atom stereocenters. The molecular formula is C64H100Gd4N8Ni4O36+2. The van der Waals surface area contributed by atoms with E-state index in [4.69, 9.17) is 119 Å². The number of carboxylic acid groups (broad SMARTS) is 8. The molecule has 682 valence electrons. The molecule has 0 aliphatic carbocycles. The quantitative estimate of drug-likeness (QED) is 0.0149. The van der Waals surface area contributed by atoms with Crippen molar-refractivity contribution in [3.8, 4) is 46.0 Å². The van der Waals surface area contributed by atoms with Crippen molar-refractivity contribution in [1.82, 2.24) is 21.3 Å². The van der Waals surface area contributed by atoms with Crippen molar-refractivity contribution in [3.63, 3.8) is 0 Å². The number of aliphatic carboxylic acids is 8. The smallest absolute Gasteiger partial charge is 0.870 e. The van der Waals surface area contributed by atoms with Crippen LogP contribution in [-0.4, -0.2) is 270 Å². The SMILES string of the molecule is CC(=O)[O-].CC(=O)[O-].CC(=O)[O-].CC(=O)[O-].CC(=O)[O-].CC(=O)[O-].CC(=O)[O-].CC(=O)[O-].COc1cccc(C=NCCNCCO)c1[O-].COc1cccc(C=NCCNCCO)c1[O-].COc1cccc(C=NCCNCCO)c1[O-].COc1cccc(C=NCCNCCO)c1[O-].[Gd+2].[Gd+2].[Gd+3].[Gd+3].[Ni+3].[Ni+3].[Ni+3].[Ni+3].[OH-].[OH-].[OH-].[OH-].[OH-].[OH-].[OH-].[OH-]. The summed E-state index contributed by atoms with van der Waals surface area (Å²) in [6, 6.07) is 20.3. The normalized spacial score (nSPS) is 8.14. The summed E-state index contributed by atoms with van der Waals surface area (Å²) < 4.78 is 19.7. The minimum atomic E-state index is -1.08. The second-order valence-corrected chi connectivity index (χ2v) is 17.5. The number of nitrogens with one attached hydrogen (secondary N) is 4. The summed E-state index contributed by atoms with van der Waals surface area (Å²) in [5.41, 5.74) is 2.08. The van der Waals surface area contributed by atoms with Gasteiger partial charge in [-0.1, -0.05) is 71.5 Å². The first kappa shape index (κ1) is 178. The second kappa shape index (κ2) is 135. The molecule has 0 aliphatic rings. The molecule has 0 heterocycles. The number of carboxylic acids is 8. The molecule has 44 nitrogen and oxygen atoms in total. The van der Waals surface area contributed by atoms with E-state index in [0.29, 0.717) is 124 Å². The summed E-state index contributed by atoms with van der Waals surface area (Å²) in [4.78, 5) is 87.6. The van der Waals surface area contributed by atoms with Crippen LogP contribution in [0.15, 0.2) is 92.8 Å². The molecular weight excluding hydrogens is 2320 g/mol. The molecule has 0 saturated carbocycles. The second-order valence-electron chi connectivity index (χ2n) is 17.5. The summed E-state index contributed by atoms with van der Waals surface area (Å²) in [6.45, 7) is 15.4. The summed E-state index contributed by atoms with van der Waals surface area (Å²) in [5, 5.41) is 164. The molecule has 6 radical (unpaired) electrons. The maximum absolute atomic E-state index is 11.7. The first-order chi connectivity index (χ1) is 47.0. The number of carbonyl (C=O) groups excluding carboxylic acids is 8. The van der Waals surface area contributed by atoms with Crippen LogP contribution in [0, 0.1) is 160 Å². The first-order valence-electron chi connectivity index (χ1n) is 29.1. The predicted octanol–water partition coefficient (Wildman–Crippen LogP) is -12.3. The van der Waals surface area contributed by atoms with Gasteiger partial charge in [0.15, 0.2) is 0 Å². The molecule has 116 heavy (non-hydrogen) atoms. The van der Waals surface area contributed by atoms with Crippen molar-refractivity contribution >= 4 is 72.6 Å². The fourth-order valence-electron chi connectivity index (χ4n) is 5.22. The Labute approximate surface area is 841 Å². The number of para-hydroxylation sites is 4. The van der Waals surface area contributed by atoms with Crippen molar-refractivity contribution in [3.05, 3.63) is 95.1 Å². The third-order valence-electron chi connectivity index (χ3n) is 8.66. The fraction of sp³-hybridized carbons (Fsp3) is 0.438. The average Bonchev–Trinajstić information content (AvgIpc) is 0.896. The van der Waals surface area contributed by atoms with Crippen LogP contribution in [0.25, 0.3) is 0 Å². The molecule has 0 aromatic heterocycles. The van der Waals surface area contributed by atoms with Gasteiger partial charge >= 0.3 is 226 Å². The molecule has 0 spiro atoms. The Morgan fingerprint density at radius 1 is 0.302 bits per heavy atom. The molecule has 0 saturated heterocycles. The van der Waals surface area contributed by atoms with Crippen LogP contribution in [0.1, 0.15) is 77.6 Å². The Balaban J connectivity index is -0.0000000377. The fourth-order valence-corrected chi connectivity index (χ4v) is 5.22. The van der Waals surface area contributed by atoms with Gasteiger partial charge in [-0.3, -0.25) is 20.0 Å². The van der Waals surface area contributed by atoms with Gasteiger partial charge in [0.2, 0.25) is 0 Å². The Morgan fingerprint density at radius 3 is 0.526 bits per heavy atom. The maximum Gasteiger partial charge on any atom is 3.00 e. The van der Waals surface area contributed by atoms with E-state index in [1.807, 2.05) is 0 Å². The van der Waals surface area contributed by atoms with Crippen molar-refractivity contribution in [1.29, 1.82) is 0 Å². The number of aliphatic hydroxyl groups is 4. The van der Waals surface area contributed by atoms with Crippen LogP contribution in [-0.2, 0) is 104 Å². The third-order valence-corrected chi connectivity index (χ3v) is 8.66. The molecule has 4 rings (SSSR count). The first-order valence-corrected chi connectivity index (χ1v) is 29.1. The van der Waals surface area contributed by atoms with Gasteiger partial charge in [-0.05, 0) is 102 Å². The number of benzene rings is 4. The zero-order chi connectivity index (χ0) is 78.7. The number of methoxy groups -OCH3 is 4. The number of nitrogens with zero attached hydrogens (tertiary/aromatic N) is 4. The largest absolute Gasteiger partial charge is 3.00 e. The summed E-state index contributed by atoms with van der Waals surface area (Å²) in [6.07, 6.45) is 6.19. The molecule has 4 aromatic carbocycles. The van der Waals surface area contributed by atoms with Gasteiger partial charge in [-0.25, -0.2) is 0 Å². The van der Waals surface area contributed by atoms with Crippen molar-refractivity contribution in [2.45, 2.75) is 55.4 Å². The molecule has 0 aliphatic heterocycles. The predicted molar refractivity (Wildman–Crippen MR) is 360 cm³/mol. The van der Waals surface area contributed by atoms with Crippen LogP contribution < -0.4 is 101 Å². The van der Waals surface area contributed by atoms with Crippen LogP contribution >= 0.6 is 0 Å². The van der Waals surface area contributed by atoms with E-state index in [2.05, 4.69) is 41.2 Å². The van der Waals surface area contributed by atoms with Gasteiger partial charge in [0.1, 0.15) is 23.0 Å². The summed E-state index contributed by atoms with van der Waals surface area (Å²) in [7, 11) is 5.87. The van der Waals surface area contributed by atoms with Gasteiger partial charge in [-0.15, -0.1) is 0 Å². The maximum atomic E-state index is 11.7.